The fourth-order valence-corrected chi connectivity index (χ4v) is 4.30. The lowest BCUT2D eigenvalue weighted by Gasteiger charge is -2.27. The van der Waals surface area contributed by atoms with E-state index in [0.717, 1.165) is 11.3 Å². The fourth-order valence-electron chi connectivity index (χ4n) is 4.30. The number of nitrogens with one attached hydrogen (secondary N) is 2. The zero-order valence-electron chi connectivity index (χ0n) is 22.1. The summed E-state index contributed by atoms with van der Waals surface area (Å²) in [5, 5.41) is 22.1. The summed E-state index contributed by atoms with van der Waals surface area (Å²) in [6, 6.07) is 7.04. The monoisotopic (exact) mass is 561 g/mol. The van der Waals surface area contributed by atoms with Crippen molar-refractivity contribution >= 4 is 45.9 Å². The molecule has 0 aromatic heterocycles. The number of carbonyl (C=O) groups excluding carboxylic acids is 2. The Balaban J connectivity index is 0.00000456. The molecule has 0 fully saturated rings. The number of amides is 1. The fraction of sp³-hybridized carbons (Fsp3) is 0.423. The van der Waals surface area contributed by atoms with Crippen molar-refractivity contribution in [1.82, 2.24) is 10.2 Å². The molecule has 10 heteroatoms. The maximum Gasteiger partial charge on any atom is 0.253 e. The van der Waals surface area contributed by atoms with Gasteiger partial charge in [0, 0.05) is 64.2 Å². The molecule has 2 aromatic rings. The van der Waals surface area contributed by atoms with Crippen LogP contribution < -0.4 is 19.9 Å². The van der Waals surface area contributed by atoms with Crippen LogP contribution in [0.15, 0.2) is 24.3 Å². The smallest absolute Gasteiger partial charge is 0.253 e. The second-order valence-corrected chi connectivity index (χ2v) is 9.66. The standard InChI is InChI=1S/C26H35N5O4.BrH/c1-26(2,34)19-9-15(10-21(30(6)7)23(19)35-8)22(32)14-31-13-16-11-20(29(4)5)18(25(33)28-3)12-17(16)24(31)27;/h9-12,27,34H,13-14H2,1-8H3,(H,28,33);1H. The molecule has 3 rings (SSSR count). The van der Waals surface area contributed by atoms with E-state index in [-0.39, 0.29) is 41.1 Å². The number of halogens is 1. The lowest BCUT2D eigenvalue weighted by Crippen LogP contribution is -2.31. The highest BCUT2D eigenvalue weighted by molar-refractivity contribution is 8.93. The quantitative estimate of drug-likeness (QED) is 0.425. The highest BCUT2D eigenvalue weighted by atomic mass is 79.9. The van der Waals surface area contributed by atoms with E-state index in [9.17, 15) is 14.7 Å². The third-order valence-electron chi connectivity index (χ3n) is 6.18. The van der Waals surface area contributed by atoms with Gasteiger partial charge >= 0.3 is 0 Å². The molecule has 0 atom stereocenters. The first kappa shape index (κ1) is 29.1. The minimum atomic E-state index is -1.22. The molecule has 1 heterocycles. The summed E-state index contributed by atoms with van der Waals surface area (Å²) in [6.45, 7) is 3.68. The van der Waals surface area contributed by atoms with Gasteiger partial charge in [-0.05, 0) is 43.7 Å². The zero-order chi connectivity index (χ0) is 26.2. The first-order chi connectivity index (χ1) is 16.3. The first-order valence-electron chi connectivity index (χ1n) is 11.4. The highest BCUT2D eigenvalue weighted by Crippen LogP contribution is 2.39. The van der Waals surface area contributed by atoms with E-state index in [1.54, 1.807) is 44.0 Å². The van der Waals surface area contributed by atoms with Gasteiger partial charge in [-0.2, -0.15) is 0 Å². The van der Waals surface area contributed by atoms with E-state index in [1.165, 1.54) is 7.11 Å². The Labute approximate surface area is 223 Å². The van der Waals surface area contributed by atoms with E-state index in [1.807, 2.05) is 44.1 Å². The minimum absolute atomic E-state index is 0. The number of rotatable bonds is 8. The SMILES string of the molecule is Br.CNC(=O)c1cc2c(cc1N(C)C)CN(CC(=O)c1cc(N(C)C)c(OC)c(C(C)(C)O)c1)C2=N. The minimum Gasteiger partial charge on any atom is -0.494 e. The van der Waals surface area contributed by atoms with Crippen molar-refractivity contribution in [3.8, 4) is 5.75 Å². The van der Waals surface area contributed by atoms with Crippen molar-refractivity contribution in [3.05, 3.63) is 52.1 Å². The van der Waals surface area contributed by atoms with Gasteiger partial charge in [0.25, 0.3) is 5.91 Å². The van der Waals surface area contributed by atoms with Crippen molar-refractivity contribution in [1.29, 1.82) is 5.41 Å². The van der Waals surface area contributed by atoms with Crippen LogP contribution in [-0.2, 0) is 12.1 Å². The van der Waals surface area contributed by atoms with Gasteiger partial charge in [-0.15, -0.1) is 17.0 Å². The average Bonchev–Trinajstić information content (AvgIpc) is 3.10. The Hall–Kier alpha value is -3.11. The predicted octanol–water partition coefficient (Wildman–Crippen LogP) is 3.02. The number of aliphatic hydroxyl groups is 1. The van der Waals surface area contributed by atoms with E-state index in [4.69, 9.17) is 10.1 Å². The van der Waals surface area contributed by atoms with Crippen LogP contribution in [-0.4, -0.2) is 76.4 Å². The molecule has 0 radical (unpaired) electrons. The molecule has 1 aliphatic heterocycles. The number of nitrogens with zero attached hydrogens (tertiary/aromatic N) is 3. The van der Waals surface area contributed by atoms with Crippen molar-refractivity contribution in [3.63, 3.8) is 0 Å². The van der Waals surface area contributed by atoms with Crippen molar-refractivity contribution < 1.29 is 19.4 Å². The van der Waals surface area contributed by atoms with Gasteiger partial charge in [0.1, 0.15) is 11.6 Å². The number of fused-ring (bicyclic) bond motifs is 1. The first-order valence-corrected chi connectivity index (χ1v) is 11.4. The number of carbonyl (C=O) groups is 2. The van der Waals surface area contributed by atoms with Gasteiger partial charge in [-0.25, -0.2) is 0 Å². The summed E-state index contributed by atoms with van der Waals surface area (Å²) < 4.78 is 5.57. The van der Waals surface area contributed by atoms with Crippen LogP contribution in [0.2, 0.25) is 0 Å². The average molecular weight is 563 g/mol. The van der Waals surface area contributed by atoms with Crippen LogP contribution >= 0.6 is 17.0 Å². The summed E-state index contributed by atoms with van der Waals surface area (Å²) in [6.07, 6.45) is 0. The third kappa shape index (κ3) is 5.49. The van der Waals surface area contributed by atoms with E-state index in [0.29, 0.717) is 40.2 Å². The van der Waals surface area contributed by atoms with E-state index < -0.39 is 5.60 Å². The van der Waals surface area contributed by atoms with Gasteiger partial charge in [0.15, 0.2) is 5.78 Å². The number of ketones is 1. The number of Topliss-reactive ketones (excluding diaryl/α,β-unsaturated/α-hetero) is 1. The second kappa shape index (κ2) is 10.9. The summed E-state index contributed by atoms with van der Waals surface area (Å²) in [7, 11) is 10.5. The number of ether oxygens (including phenoxy) is 1. The molecule has 0 saturated heterocycles. The number of hydrogen-bond donors (Lipinski definition) is 3. The molecule has 3 N–H and O–H groups in total. The maximum absolute atomic E-state index is 13.4. The number of amidine groups is 1. The lowest BCUT2D eigenvalue weighted by molar-refractivity contribution is 0.0755. The Bertz CT molecular complexity index is 1190. The molecule has 1 amide bonds. The number of benzene rings is 2. The van der Waals surface area contributed by atoms with Crippen molar-refractivity contribution in [2.24, 2.45) is 0 Å². The molecule has 0 aliphatic carbocycles. The molecule has 36 heavy (non-hydrogen) atoms. The summed E-state index contributed by atoms with van der Waals surface area (Å²) >= 11 is 0. The summed E-state index contributed by atoms with van der Waals surface area (Å²) in [5.74, 6) is 0.303. The molecular weight excluding hydrogens is 526 g/mol. The molecule has 2 aromatic carbocycles. The molecule has 1 aliphatic rings. The molecule has 0 saturated carbocycles. The number of hydrogen-bond acceptors (Lipinski definition) is 7. The van der Waals surface area contributed by atoms with Crippen molar-refractivity contribution in [2.75, 3.05) is 58.7 Å². The third-order valence-corrected chi connectivity index (χ3v) is 6.18. The van der Waals surface area contributed by atoms with Crippen LogP contribution in [0, 0.1) is 5.41 Å². The molecule has 0 bridgehead atoms. The predicted molar refractivity (Wildman–Crippen MR) is 149 cm³/mol. The molecule has 0 spiro atoms. The zero-order valence-corrected chi connectivity index (χ0v) is 23.9. The maximum atomic E-state index is 13.4. The Morgan fingerprint density at radius 2 is 1.72 bits per heavy atom. The van der Waals surface area contributed by atoms with Crippen LogP contribution in [0.4, 0.5) is 11.4 Å². The van der Waals surface area contributed by atoms with Gasteiger partial charge in [-0.1, -0.05) is 0 Å². The van der Waals surface area contributed by atoms with Crippen molar-refractivity contribution in [2.45, 2.75) is 26.0 Å². The topological polar surface area (TPSA) is 109 Å². The van der Waals surface area contributed by atoms with Crippen LogP contribution in [0.25, 0.3) is 0 Å². The normalized spacial score (nSPS) is 12.6. The van der Waals surface area contributed by atoms with E-state index in [2.05, 4.69) is 5.32 Å². The number of methoxy groups -OCH3 is 1. The second-order valence-electron chi connectivity index (χ2n) is 9.66. The van der Waals surface area contributed by atoms with Crippen LogP contribution in [0.1, 0.15) is 51.3 Å². The Morgan fingerprint density at radius 3 is 2.22 bits per heavy atom. The molecule has 0 unspecified atom stereocenters. The van der Waals surface area contributed by atoms with Gasteiger partial charge in [0.05, 0.1) is 30.5 Å². The number of anilines is 2. The van der Waals surface area contributed by atoms with Gasteiger partial charge in [-0.3, -0.25) is 15.0 Å². The van der Waals surface area contributed by atoms with Crippen LogP contribution in [0.5, 0.6) is 5.75 Å². The van der Waals surface area contributed by atoms with Gasteiger partial charge in [0.2, 0.25) is 0 Å². The highest BCUT2D eigenvalue weighted by Gasteiger charge is 2.31. The summed E-state index contributed by atoms with van der Waals surface area (Å²) in [4.78, 5) is 31.2. The largest absolute Gasteiger partial charge is 0.494 e. The lowest BCUT2D eigenvalue weighted by atomic mass is 9.93. The van der Waals surface area contributed by atoms with Crippen LogP contribution in [0.3, 0.4) is 0 Å². The molecule has 196 valence electrons. The Kier molecular flexibility index (Phi) is 8.80. The summed E-state index contributed by atoms with van der Waals surface area (Å²) in [5.41, 5.74) is 3.17. The van der Waals surface area contributed by atoms with Gasteiger partial charge < -0.3 is 29.9 Å². The van der Waals surface area contributed by atoms with E-state index >= 15 is 0 Å². The molecular formula is C26H36BrN5O4. The molecule has 9 nitrogen and oxygen atoms in total. The Morgan fingerprint density at radius 1 is 1.11 bits per heavy atom.